The van der Waals surface area contributed by atoms with Gasteiger partial charge in [-0.25, -0.2) is 0 Å². The fourth-order valence-corrected chi connectivity index (χ4v) is 2.05. The SMILES string of the molecule is COc1cc(C#N)cc(Oc2ccc(C(C)N)cc2Cl)c1. The van der Waals surface area contributed by atoms with Gasteiger partial charge in [0, 0.05) is 12.1 Å². The Labute approximate surface area is 128 Å². The van der Waals surface area contributed by atoms with E-state index in [9.17, 15) is 0 Å². The van der Waals surface area contributed by atoms with E-state index in [2.05, 4.69) is 6.07 Å². The molecule has 0 aromatic heterocycles. The zero-order valence-corrected chi connectivity index (χ0v) is 12.5. The summed E-state index contributed by atoms with van der Waals surface area (Å²) in [5.74, 6) is 1.53. The summed E-state index contributed by atoms with van der Waals surface area (Å²) in [6.45, 7) is 1.88. The first kappa shape index (κ1) is 15.2. The van der Waals surface area contributed by atoms with Crippen molar-refractivity contribution in [1.82, 2.24) is 0 Å². The van der Waals surface area contributed by atoms with Crippen molar-refractivity contribution < 1.29 is 9.47 Å². The average molecular weight is 303 g/mol. The number of halogens is 1. The van der Waals surface area contributed by atoms with Crippen LogP contribution in [0.5, 0.6) is 17.2 Å². The van der Waals surface area contributed by atoms with Crippen LogP contribution in [0.2, 0.25) is 5.02 Å². The Morgan fingerprint density at radius 2 is 1.90 bits per heavy atom. The molecule has 4 nitrogen and oxygen atoms in total. The summed E-state index contributed by atoms with van der Waals surface area (Å²) in [5, 5.41) is 9.46. The van der Waals surface area contributed by atoms with E-state index in [1.54, 1.807) is 30.3 Å². The molecule has 0 spiro atoms. The molecule has 0 bridgehead atoms. The third kappa shape index (κ3) is 3.66. The van der Waals surface area contributed by atoms with Crippen LogP contribution in [0.3, 0.4) is 0 Å². The highest BCUT2D eigenvalue weighted by Gasteiger charge is 2.09. The smallest absolute Gasteiger partial charge is 0.146 e. The minimum absolute atomic E-state index is 0.0986. The number of ether oxygens (including phenoxy) is 2. The van der Waals surface area contributed by atoms with E-state index >= 15 is 0 Å². The van der Waals surface area contributed by atoms with Crippen molar-refractivity contribution in [3.8, 4) is 23.3 Å². The zero-order valence-electron chi connectivity index (χ0n) is 11.8. The molecule has 2 aromatic carbocycles. The van der Waals surface area contributed by atoms with Gasteiger partial charge in [-0.1, -0.05) is 17.7 Å². The molecule has 0 saturated carbocycles. The number of nitriles is 1. The van der Waals surface area contributed by atoms with Gasteiger partial charge >= 0.3 is 0 Å². The number of methoxy groups -OCH3 is 1. The monoisotopic (exact) mass is 302 g/mol. The van der Waals surface area contributed by atoms with E-state index < -0.39 is 0 Å². The summed E-state index contributed by atoms with van der Waals surface area (Å²) >= 11 is 6.19. The topological polar surface area (TPSA) is 68.3 Å². The van der Waals surface area contributed by atoms with Gasteiger partial charge in [-0.15, -0.1) is 0 Å². The van der Waals surface area contributed by atoms with E-state index in [-0.39, 0.29) is 6.04 Å². The van der Waals surface area contributed by atoms with Gasteiger partial charge in [0.05, 0.1) is 23.8 Å². The van der Waals surface area contributed by atoms with Gasteiger partial charge < -0.3 is 15.2 Å². The molecule has 0 amide bonds. The van der Waals surface area contributed by atoms with Crippen LogP contribution < -0.4 is 15.2 Å². The Kier molecular flexibility index (Phi) is 4.69. The summed E-state index contributed by atoms with van der Waals surface area (Å²) in [4.78, 5) is 0. The molecule has 21 heavy (non-hydrogen) atoms. The van der Waals surface area contributed by atoms with Crippen LogP contribution in [0.25, 0.3) is 0 Å². The van der Waals surface area contributed by atoms with Crippen LogP contribution in [-0.2, 0) is 0 Å². The highest BCUT2D eigenvalue weighted by atomic mass is 35.5. The van der Waals surface area contributed by atoms with Crippen LogP contribution in [0.4, 0.5) is 0 Å². The summed E-state index contributed by atoms with van der Waals surface area (Å²) in [5.41, 5.74) is 7.19. The molecule has 1 atom stereocenters. The molecular formula is C16H15ClN2O2. The van der Waals surface area contributed by atoms with E-state index in [4.69, 9.17) is 32.1 Å². The molecule has 0 heterocycles. The quantitative estimate of drug-likeness (QED) is 0.925. The van der Waals surface area contributed by atoms with Crippen molar-refractivity contribution in [2.24, 2.45) is 5.73 Å². The molecule has 0 radical (unpaired) electrons. The van der Waals surface area contributed by atoms with Gasteiger partial charge in [0.15, 0.2) is 0 Å². The van der Waals surface area contributed by atoms with Crippen molar-refractivity contribution in [1.29, 1.82) is 5.26 Å². The lowest BCUT2D eigenvalue weighted by molar-refractivity contribution is 0.409. The molecule has 2 aromatic rings. The summed E-state index contributed by atoms with van der Waals surface area (Å²) in [6.07, 6.45) is 0. The Hall–Kier alpha value is -2.22. The molecule has 0 saturated heterocycles. The van der Waals surface area contributed by atoms with Crippen LogP contribution in [-0.4, -0.2) is 7.11 Å². The Morgan fingerprint density at radius 3 is 2.48 bits per heavy atom. The summed E-state index contributed by atoms with van der Waals surface area (Å²) in [7, 11) is 1.53. The largest absolute Gasteiger partial charge is 0.497 e. The van der Waals surface area contributed by atoms with Crippen molar-refractivity contribution >= 4 is 11.6 Å². The Morgan fingerprint density at radius 1 is 1.19 bits per heavy atom. The number of benzene rings is 2. The van der Waals surface area contributed by atoms with E-state index in [1.165, 1.54) is 7.11 Å². The number of rotatable bonds is 4. The average Bonchev–Trinajstić information content (AvgIpc) is 2.48. The van der Waals surface area contributed by atoms with E-state index in [0.29, 0.717) is 27.8 Å². The molecule has 1 unspecified atom stereocenters. The van der Waals surface area contributed by atoms with Crippen LogP contribution in [0.1, 0.15) is 24.1 Å². The molecule has 0 aliphatic carbocycles. The maximum Gasteiger partial charge on any atom is 0.146 e. The third-order valence-corrected chi connectivity index (χ3v) is 3.25. The fourth-order valence-electron chi connectivity index (χ4n) is 1.82. The summed E-state index contributed by atoms with van der Waals surface area (Å²) < 4.78 is 10.9. The van der Waals surface area contributed by atoms with Crippen molar-refractivity contribution in [2.45, 2.75) is 13.0 Å². The van der Waals surface area contributed by atoms with Gasteiger partial charge in [0.25, 0.3) is 0 Å². The molecule has 2 rings (SSSR count). The van der Waals surface area contributed by atoms with Crippen molar-refractivity contribution in [3.05, 3.63) is 52.5 Å². The first-order valence-electron chi connectivity index (χ1n) is 6.35. The number of nitrogens with zero attached hydrogens (tertiary/aromatic N) is 1. The predicted octanol–water partition coefficient (Wildman–Crippen LogP) is 4.03. The van der Waals surface area contributed by atoms with Crippen molar-refractivity contribution in [2.75, 3.05) is 7.11 Å². The lowest BCUT2D eigenvalue weighted by Crippen LogP contribution is -2.04. The number of hydrogen-bond donors (Lipinski definition) is 1. The predicted molar refractivity (Wildman–Crippen MR) is 81.8 cm³/mol. The molecule has 0 fully saturated rings. The number of hydrogen-bond acceptors (Lipinski definition) is 4. The Bertz CT molecular complexity index is 693. The second-order valence-electron chi connectivity index (χ2n) is 4.59. The van der Waals surface area contributed by atoms with Crippen LogP contribution in [0.15, 0.2) is 36.4 Å². The molecular weight excluding hydrogens is 288 g/mol. The maximum absolute atomic E-state index is 9.00. The first-order valence-corrected chi connectivity index (χ1v) is 6.73. The lowest BCUT2D eigenvalue weighted by Gasteiger charge is -2.12. The van der Waals surface area contributed by atoms with Crippen molar-refractivity contribution in [3.63, 3.8) is 0 Å². The van der Waals surface area contributed by atoms with Gasteiger partial charge in [-0.3, -0.25) is 0 Å². The maximum atomic E-state index is 9.00. The van der Waals surface area contributed by atoms with Gasteiger partial charge in [-0.2, -0.15) is 5.26 Å². The molecule has 2 N–H and O–H groups in total. The second-order valence-corrected chi connectivity index (χ2v) is 5.00. The zero-order chi connectivity index (χ0) is 15.4. The minimum atomic E-state index is -0.0986. The highest BCUT2D eigenvalue weighted by molar-refractivity contribution is 6.32. The first-order chi connectivity index (χ1) is 10.0. The summed E-state index contributed by atoms with van der Waals surface area (Å²) in [6, 6.07) is 12.3. The molecule has 0 aliphatic heterocycles. The van der Waals surface area contributed by atoms with Crippen LogP contribution >= 0.6 is 11.6 Å². The van der Waals surface area contributed by atoms with Crippen LogP contribution in [0, 0.1) is 11.3 Å². The fraction of sp³-hybridized carbons (Fsp3) is 0.188. The molecule has 0 aliphatic rings. The minimum Gasteiger partial charge on any atom is -0.497 e. The Balaban J connectivity index is 2.32. The third-order valence-electron chi connectivity index (χ3n) is 2.95. The van der Waals surface area contributed by atoms with Gasteiger partial charge in [0.1, 0.15) is 17.2 Å². The molecule has 5 heteroatoms. The normalized spacial score (nSPS) is 11.6. The van der Waals surface area contributed by atoms with Gasteiger partial charge in [0.2, 0.25) is 0 Å². The van der Waals surface area contributed by atoms with E-state index in [0.717, 1.165) is 5.56 Å². The lowest BCUT2D eigenvalue weighted by atomic mass is 10.1. The standard InChI is InChI=1S/C16H15ClN2O2/c1-10(19)12-3-4-16(15(17)7-12)21-14-6-11(9-18)5-13(8-14)20-2/h3-8,10H,19H2,1-2H3. The number of nitrogens with two attached hydrogens (primary N) is 1. The highest BCUT2D eigenvalue weighted by Crippen LogP contribution is 2.33. The molecule has 108 valence electrons. The second kappa shape index (κ2) is 6.49. The van der Waals surface area contributed by atoms with E-state index in [1.807, 2.05) is 13.0 Å². The van der Waals surface area contributed by atoms with Gasteiger partial charge in [-0.05, 0) is 36.8 Å².